The lowest BCUT2D eigenvalue weighted by Crippen LogP contribution is -2.63. The predicted molar refractivity (Wildman–Crippen MR) is 80.8 cm³/mol. The van der Waals surface area contributed by atoms with Crippen LogP contribution in [0, 0.1) is 11.3 Å². The highest BCUT2D eigenvalue weighted by molar-refractivity contribution is 6.29. The zero-order valence-electron chi connectivity index (χ0n) is 13.0. The van der Waals surface area contributed by atoms with Crippen LogP contribution in [0.25, 0.3) is 0 Å². The van der Waals surface area contributed by atoms with Crippen LogP contribution < -0.4 is 4.74 Å². The van der Waals surface area contributed by atoms with Gasteiger partial charge < -0.3 is 9.47 Å². The molecule has 2 heterocycles. The van der Waals surface area contributed by atoms with Crippen molar-refractivity contribution in [3.05, 3.63) is 23.0 Å². The lowest BCUT2D eigenvalue weighted by molar-refractivity contribution is -0.0536. The van der Waals surface area contributed by atoms with Gasteiger partial charge in [-0.05, 0) is 27.7 Å². The molecule has 0 N–H and O–H groups in total. The standard InChI is InChI=1S/C15H18ClN3O3/c1-9-12(8-19(9)14(20)22-15(2,3)4)21-11-5-10(7-17)18-13(16)6-11/h5-6,9,12H,8H2,1-4H3/t9-,12+/m1/s1. The van der Waals surface area contributed by atoms with E-state index in [4.69, 9.17) is 26.3 Å². The molecular formula is C15H18ClN3O3. The largest absolute Gasteiger partial charge is 0.486 e. The van der Waals surface area contributed by atoms with Gasteiger partial charge in [0.2, 0.25) is 0 Å². The zero-order chi connectivity index (χ0) is 16.5. The van der Waals surface area contributed by atoms with E-state index >= 15 is 0 Å². The Morgan fingerprint density at radius 1 is 1.50 bits per heavy atom. The van der Waals surface area contributed by atoms with Crippen molar-refractivity contribution in [3.8, 4) is 11.8 Å². The molecule has 1 aliphatic heterocycles. The minimum atomic E-state index is -0.525. The molecule has 2 atom stereocenters. The van der Waals surface area contributed by atoms with Crippen LogP contribution in [0.4, 0.5) is 4.79 Å². The maximum atomic E-state index is 12.0. The van der Waals surface area contributed by atoms with Crippen LogP contribution in [-0.4, -0.2) is 40.3 Å². The van der Waals surface area contributed by atoms with E-state index in [0.717, 1.165) is 0 Å². The van der Waals surface area contributed by atoms with Gasteiger partial charge in [0.05, 0.1) is 12.6 Å². The molecule has 7 heteroatoms. The molecule has 2 rings (SSSR count). The summed E-state index contributed by atoms with van der Waals surface area (Å²) in [5.41, 5.74) is -0.332. The molecule has 0 spiro atoms. The Balaban J connectivity index is 1.97. The second-order valence-corrected chi connectivity index (χ2v) is 6.54. The number of hydrogen-bond acceptors (Lipinski definition) is 5. The summed E-state index contributed by atoms with van der Waals surface area (Å²) in [6.45, 7) is 7.78. The number of nitrogens with zero attached hydrogens (tertiary/aromatic N) is 3. The van der Waals surface area contributed by atoms with E-state index in [1.54, 1.807) is 11.0 Å². The number of amides is 1. The van der Waals surface area contributed by atoms with Gasteiger partial charge in [-0.3, -0.25) is 4.90 Å². The zero-order valence-corrected chi connectivity index (χ0v) is 13.7. The number of carbonyl (C=O) groups is 1. The van der Waals surface area contributed by atoms with E-state index in [2.05, 4.69) is 4.98 Å². The van der Waals surface area contributed by atoms with E-state index in [0.29, 0.717) is 12.3 Å². The van der Waals surface area contributed by atoms with Crippen molar-refractivity contribution < 1.29 is 14.3 Å². The van der Waals surface area contributed by atoms with Crippen molar-refractivity contribution in [1.29, 1.82) is 5.26 Å². The second kappa shape index (κ2) is 6.01. The van der Waals surface area contributed by atoms with Crippen molar-refractivity contribution in [2.75, 3.05) is 6.54 Å². The summed E-state index contributed by atoms with van der Waals surface area (Å²) in [6, 6.07) is 4.87. The quantitative estimate of drug-likeness (QED) is 0.782. The second-order valence-electron chi connectivity index (χ2n) is 6.15. The van der Waals surface area contributed by atoms with Gasteiger partial charge in [-0.1, -0.05) is 11.6 Å². The van der Waals surface area contributed by atoms with Gasteiger partial charge in [0.1, 0.15) is 34.4 Å². The molecule has 1 aromatic heterocycles. The van der Waals surface area contributed by atoms with Gasteiger partial charge in [0.15, 0.2) is 0 Å². The molecule has 1 saturated heterocycles. The fraction of sp³-hybridized carbons (Fsp3) is 0.533. The number of halogens is 1. The first kappa shape index (κ1) is 16.4. The highest BCUT2D eigenvalue weighted by atomic mass is 35.5. The summed E-state index contributed by atoms with van der Waals surface area (Å²) in [4.78, 5) is 17.4. The smallest absolute Gasteiger partial charge is 0.410 e. The first-order valence-corrected chi connectivity index (χ1v) is 7.31. The minimum absolute atomic E-state index is 0.118. The number of ether oxygens (including phenoxy) is 2. The molecule has 6 nitrogen and oxygen atoms in total. The van der Waals surface area contributed by atoms with Crippen LogP contribution in [-0.2, 0) is 4.74 Å². The Hall–Kier alpha value is -2.00. The van der Waals surface area contributed by atoms with Gasteiger partial charge in [-0.15, -0.1) is 0 Å². The monoisotopic (exact) mass is 323 g/mol. The molecule has 0 aliphatic carbocycles. The minimum Gasteiger partial charge on any atom is -0.486 e. The molecule has 1 fully saturated rings. The van der Waals surface area contributed by atoms with Crippen molar-refractivity contribution >= 4 is 17.7 Å². The number of carbonyl (C=O) groups excluding carboxylic acids is 1. The normalized spacial score (nSPS) is 20.8. The molecule has 0 aromatic carbocycles. The highest BCUT2D eigenvalue weighted by Gasteiger charge is 2.42. The molecule has 0 bridgehead atoms. The first-order chi connectivity index (χ1) is 10.2. The van der Waals surface area contributed by atoms with E-state index in [1.807, 2.05) is 33.8 Å². The summed E-state index contributed by atoms with van der Waals surface area (Å²) in [7, 11) is 0. The highest BCUT2D eigenvalue weighted by Crippen LogP contribution is 2.27. The van der Waals surface area contributed by atoms with Crippen molar-refractivity contribution in [2.24, 2.45) is 0 Å². The maximum absolute atomic E-state index is 12.0. The molecule has 118 valence electrons. The number of pyridine rings is 1. The van der Waals surface area contributed by atoms with Crippen LogP contribution in [0.15, 0.2) is 12.1 Å². The van der Waals surface area contributed by atoms with Crippen molar-refractivity contribution in [2.45, 2.75) is 45.4 Å². The van der Waals surface area contributed by atoms with Gasteiger partial charge >= 0.3 is 6.09 Å². The molecule has 0 radical (unpaired) electrons. The number of rotatable bonds is 2. The number of nitriles is 1. The Kier molecular flexibility index (Phi) is 4.47. The Morgan fingerprint density at radius 3 is 2.73 bits per heavy atom. The Bertz CT molecular complexity index is 621. The van der Waals surface area contributed by atoms with Crippen LogP contribution >= 0.6 is 11.6 Å². The average molecular weight is 324 g/mol. The van der Waals surface area contributed by atoms with Crippen LogP contribution in [0.3, 0.4) is 0 Å². The summed E-state index contributed by atoms with van der Waals surface area (Å²) in [5, 5.41) is 9.07. The molecule has 1 aromatic rings. The van der Waals surface area contributed by atoms with Gasteiger partial charge in [-0.2, -0.15) is 5.26 Å². The summed E-state index contributed by atoms with van der Waals surface area (Å²) < 4.78 is 11.1. The van der Waals surface area contributed by atoms with Crippen LogP contribution in [0.2, 0.25) is 5.15 Å². The molecule has 1 aliphatic rings. The lowest BCUT2D eigenvalue weighted by atomic mass is 10.0. The summed E-state index contributed by atoms with van der Waals surface area (Å²) in [6.07, 6.45) is -0.525. The van der Waals surface area contributed by atoms with Crippen molar-refractivity contribution in [3.63, 3.8) is 0 Å². The third kappa shape index (κ3) is 3.80. The average Bonchev–Trinajstić information content (AvgIpc) is 2.39. The number of aromatic nitrogens is 1. The molecule has 22 heavy (non-hydrogen) atoms. The van der Waals surface area contributed by atoms with Crippen molar-refractivity contribution in [1.82, 2.24) is 9.88 Å². The van der Waals surface area contributed by atoms with Gasteiger partial charge in [-0.25, -0.2) is 9.78 Å². The topological polar surface area (TPSA) is 75.5 Å². The number of likely N-dealkylation sites (tertiary alicyclic amines) is 1. The van der Waals surface area contributed by atoms with Crippen LogP contribution in [0.1, 0.15) is 33.4 Å². The fourth-order valence-corrected chi connectivity index (χ4v) is 2.24. The predicted octanol–water partition coefficient (Wildman–Crippen LogP) is 2.99. The number of hydrogen-bond donors (Lipinski definition) is 0. The molecular weight excluding hydrogens is 306 g/mol. The van der Waals surface area contributed by atoms with Gasteiger partial charge in [0.25, 0.3) is 0 Å². The summed E-state index contributed by atoms with van der Waals surface area (Å²) in [5.74, 6) is 0.470. The fourth-order valence-electron chi connectivity index (χ4n) is 2.05. The molecule has 0 unspecified atom stereocenters. The molecule has 0 saturated carbocycles. The summed E-state index contributed by atoms with van der Waals surface area (Å²) >= 11 is 5.83. The maximum Gasteiger partial charge on any atom is 0.410 e. The Labute approximate surface area is 134 Å². The van der Waals surface area contributed by atoms with E-state index < -0.39 is 5.60 Å². The SMILES string of the molecule is C[C@@H]1[C@@H](Oc2cc(Cl)nc(C#N)c2)CN1C(=O)OC(C)(C)C. The molecule has 1 amide bonds. The van der Waals surface area contributed by atoms with Crippen LogP contribution in [0.5, 0.6) is 5.75 Å². The Morgan fingerprint density at radius 2 is 2.18 bits per heavy atom. The third-order valence-electron chi connectivity index (χ3n) is 3.20. The third-order valence-corrected chi connectivity index (χ3v) is 3.40. The first-order valence-electron chi connectivity index (χ1n) is 6.93. The van der Waals surface area contributed by atoms with E-state index in [9.17, 15) is 4.79 Å². The van der Waals surface area contributed by atoms with E-state index in [-0.39, 0.29) is 29.1 Å². The van der Waals surface area contributed by atoms with Gasteiger partial charge in [0, 0.05) is 12.1 Å². The lowest BCUT2D eigenvalue weighted by Gasteiger charge is -2.45. The van der Waals surface area contributed by atoms with E-state index in [1.165, 1.54) is 6.07 Å².